The molecule has 0 amide bonds. The molecule has 0 heterocycles. The van der Waals surface area contributed by atoms with E-state index in [4.69, 9.17) is 11.5 Å². The lowest BCUT2D eigenvalue weighted by Gasteiger charge is -2.23. The first-order chi connectivity index (χ1) is 10.7. The average Bonchev–Trinajstić information content (AvgIpc) is 2.54. The predicted molar refractivity (Wildman–Crippen MR) is 94.3 cm³/mol. The van der Waals surface area contributed by atoms with E-state index in [0.29, 0.717) is 0 Å². The smallest absolute Gasteiger partial charge is 0.0317 e. The monoisotopic (exact) mass is 288 g/mol. The van der Waals surface area contributed by atoms with Crippen LogP contribution in [0.2, 0.25) is 0 Å². The maximum Gasteiger partial charge on any atom is 0.0317 e. The summed E-state index contributed by atoms with van der Waals surface area (Å²) in [5.74, 6) is 0. The van der Waals surface area contributed by atoms with E-state index in [-0.39, 0.29) is 0 Å². The standard InChI is InChI=1S/C20H20N2/c21-19-7-5-15-9-13(1-3-17(15)11-19)14-2-4-18-12-20(22)8-6-16(18)10-14/h5-12H,1-4,21-22H2. The zero-order valence-electron chi connectivity index (χ0n) is 12.6. The first-order valence-electron chi connectivity index (χ1n) is 7.87. The van der Waals surface area contributed by atoms with Gasteiger partial charge in [-0.25, -0.2) is 0 Å². The number of nitrogens with two attached hydrogens (primary N) is 2. The fourth-order valence-corrected chi connectivity index (χ4v) is 3.53. The van der Waals surface area contributed by atoms with E-state index in [1.807, 2.05) is 12.1 Å². The van der Waals surface area contributed by atoms with Crippen molar-refractivity contribution in [1.82, 2.24) is 0 Å². The highest BCUT2D eigenvalue weighted by molar-refractivity contribution is 5.73. The van der Waals surface area contributed by atoms with Gasteiger partial charge in [0.1, 0.15) is 0 Å². The van der Waals surface area contributed by atoms with Crippen LogP contribution < -0.4 is 11.5 Å². The minimum Gasteiger partial charge on any atom is -0.399 e. The molecule has 0 spiro atoms. The summed E-state index contributed by atoms with van der Waals surface area (Å²) in [6.07, 6.45) is 9.05. The Morgan fingerprint density at radius 2 is 1.05 bits per heavy atom. The molecule has 22 heavy (non-hydrogen) atoms. The van der Waals surface area contributed by atoms with Gasteiger partial charge in [0.2, 0.25) is 0 Å². The third kappa shape index (κ3) is 2.31. The molecular formula is C20H20N2. The van der Waals surface area contributed by atoms with Gasteiger partial charge in [-0.15, -0.1) is 0 Å². The van der Waals surface area contributed by atoms with Crippen molar-refractivity contribution in [3.63, 3.8) is 0 Å². The van der Waals surface area contributed by atoms with E-state index in [1.54, 1.807) is 0 Å². The van der Waals surface area contributed by atoms with Gasteiger partial charge in [0.05, 0.1) is 0 Å². The summed E-state index contributed by atoms with van der Waals surface area (Å²) in [5.41, 5.74) is 21.8. The zero-order chi connectivity index (χ0) is 15.1. The maximum atomic E-state index is 5.88. The number of allylic oxidation sites excluding steroid dienone is 2. The van der Waals surface area contributed by atoms with E-state index in [1.165, 1.54) is 33.4 Å². The maximum absolute atomic E-state index is 5.88. The average molecular weight is 288 g/mol. The molecule has 0 aromatic heterocycles. The van der Waals surface area contributed by atoms with Crippen molar-refractivity contribution in [2.24, 2.45) is 0 Å². The number of hydrogen-bond acceptors (Lipinski definition) is 2. The van der Waals surface area contributed by atoms with E-state index in [2.05, 4.69) is 36.4 Å². The quantitative estimate of drug-likeness (QED) is 0.772. The molecule has 0 saturated heterocycles. The number of rotatable bonds is 1. The second kappa shape index (κ2) is 5.06. The number of hydrogen-bond donors (Lipinski definition) is 2. The van der Waals surface area contributed by atoms with Gasteiger partial charge in [-0.1, -0.05) is 24.3 Å². The highest BCUT2D eigenvalue weighted by atomic mass is 14.5. The molecule has 2 aliphatic carbocycles. The summed E-state index contributed by atoms with van der Waals surface area (Å²) in [7, 11) is 0. The number of nitrogen functional groups attached to an aromatic ring is 2. The summed E-state index contributed by atoms with van der Waals surface area (Å²) in [4.78, 5) is 0. The zero-order valence-corrected chi connectivity index (χ0v) is 12.6. The molecule has 0 radical (unpaired) electrons. The van der Waals surface area contributed by atoms with Crippen molar-refractivity contribution < 1.29 is 0 Å². The van der Waals surface area contributed by atoms with Gasteiger partial charge < -0.3 is 11.5 Å². The van der Waals surface area contributed by atoms with Gasteiger partial charge in [-0.05, 0) is 83.3 Å². The lowest BCUT2D eigenvalue weighted by Crippen LogP contribution is -2.06. The number of fused-ring (bicyclic) bond motifs is 2. The Balaban J connectivity index is 1.71. The van der Waals surface area contributed by atoms with Crippen LogP contribution in [0.1, 0.15) is 35.1 Å². The summed E-state index contributed by atoms with van der Waals surface area (Å²) in [5, 5.41) is 0. The molecule has 0 saturated carbocycles. The van der Waals surface area contributed by atoms with Crippen molar-refractivity contribution >= 4 is 23.5 Å². The van der Waals surface area contributed by atoms with Crippen LogP contribution in [0.3, 0.4) is 0 Å². The number of anilines is 2. The first-order valence-corrected chi connectivity index (χ1v) is 7.87. The van der Waals surface area contributed by atoms with Gasteiger partial charge in [-0.2, -0.15) is 0 Å². The largest absolute Gasteiger partial charge is 0.399 e. The molecule has 4 N–H and O–H groups in total. The van der Waals surface area contributed by atoms with E-state index in [0.717, 1.165) is 37.1 Å². The molecule has 2 nitrogen and oxygen atoms in total. The third-order valence-corrected chi connectivity index (χ3v) is 4.73. The van der Waals surface area contributed by atoms with Crippen LogP contribution in [-0.2, 0) is 12.8 Å². The van der Waals surface area contributed by atoms with Crippen molar-refractivity contribution in [1.29, 1.82) is 0 Å². The lowest BCUT2D eigenvalue weighted by molar-refractivity contribution is 0.874. The lowest BCUT2D eigenvalue weighted by atomic mass is 9.82. The Morgan fingerprint density at radius 1 is 0.591 bits per heavy atom. The van der Waals surface area contributed by atoms with Crippen LogP contribution in [0.4, 0.5) is 11.4 Å². The van der Waals surface area contributed by atoms with Gasteiger partial charge in [0.15, 0.2) is 0 Å². The summed E-state index contributed by atoms with van der Waals surface area (Å²) < 4.78 is 0. The molecule has 2 heteroatoms. The highest BCUT2D eigenvalue weighted by Crippen LogP contribution is 2.35. The van der Waals surface area contributed by atoms with Gasteiger partial charge in [-0.3, -0.25) is 0 Å². The third-order valence-electron chi connectivity index (χ3n) is 4.73. The second-order valence-electron chi connectivity index (χ2n) is 6.26. The van der Waals surface area contributed by atoms with Crippen molar-refractivity contribution in [2.75, 3.05) is 11.5 Å². The number of benzene rings is 2. The summed E-state index contributed by atoms with van der Waals surface area (Å²) in [6.45, 7) is 0. The van der Waals surface area contributed by atoms with Crippen LogP contribution in [-0.4, -0.2) is 0 Å². The van der Waals surface area contributed by atoms with E-state index >= 15 is 0 Å². The molecule has 0 unspecified atom stereocenters. The summed E-state index contributed by atoms with van der Waals surface area (Å²) >= 11 is 0. The Bertz CT molecular complexity index is 743. The Morgan fingerprint density at radius 3 is 1.50 bits per heavy atom. The van der Waals surface area contributed by atoms with Crippen molar-refractivity contribution in [3.05, 3.63) is 69.8 Å². The Hall–Kier alpha value is -2.48. The van der Waals surface area contributed by atoms with Crippen LogP contribution in [0, 0.1) is 0 Å². The van der Waals surface area contributed by atoms with Crippen LogP contribution >= 0.6 is 0 Å². The molecule has 4 rings (SSSR count). The minimum absolute atomic E-state index is 0.860. The Kier molecular flexibility index (Phi) is 3.04. The SMILES string of the molecule is Nc1ccc2c(c1)CCC(C1=Cc3ccc(N)cc3CC1)=C2. The molecule has 110 valence electrons. The minimum atomic E-state index is 0.860. The molecule has 0 fully saturated rings. The van der Waals surface area contributed by atoms with Crippen molar-refractivity contribution in [3.8, 4) is 0 Å². The topological polar surface area (TPSA) is 52.0 Å². The Labute approximate surface area is 131 Å². The van der Waals surface area contributed by atoms with Crippen LogP contribution in [0.15, 0.2) is 47.5 Å². The van der Waals surface area contributed by atoms with E-state index in [9.17, 15) is 0 Å². The van der Waals surface area contributed by atoms with Crippen molar-refractivity contribution in [2.45, 2.75) is 25.7 Å². The molecule has 0 atom stereocenters. The number of aryl methyl sites for hydroxylation is 2. The fourth-order valence-electron chi connectivity index (χ4n) is 3.53. The molecule has 0 bridgehead atoms. The molecule has 0 aliphatic heterocycles. The first kappa shape index (κ1) is 13.2. The second-order valence-corrected chi connectivity index (χ2v) is 6.26. The van der Waals surface area contributed by atoms with Gasteiger partial charge in [0.25, 0.3) is 0 Å². The molecule has 2 aromatic carbocycles. The predicted octanol–water partition coefficient (Wildman–Crippen LogP) is 4.21. The van der Waals surface area contributed by atoms with Crippen LogP contribution in [0.25, 0.3) is 12.2 Å². The fraction of sp³-hybridized carbons (Fsp3) is 0.200. The highest BCUT2D eigenvalue weighted by Gasteiger charge is 2.17. The van der Waals surface area contributed by atoms with Gasteiger partial charge >= 0.3 is 0 Å². The van der Waals surface area contributed by atoms with Gasteiger partial charge in [0, 0.05) is 11.4 Å². The van der Waals surface area contributed by atoms with Crippen LogP contribution in [0.5, 0.6) is 0 Å². The normalized spacial score (nSPS) is 16.4. The molecule has 2 aromatic rings. The molecule has 2 aliphatic rings. The molecular weight excluding hydrogens is 268 g/mol. The van der Waals surface area contributed by atoms with E-state index < -0.39 is 0 Å². The summed E-state index contributed by atoms with van der Waals surface area (Å²) in [6, 6.07) is 12.5.